The molecule has 0 radical (unpaired) electrons. The Kier molecular flexibility index (Phi) is 4.91. The number of rotatable bonds is 4. The van der Waals surface area contributed by atoms with Gasteiger partial charge in [-0.15, -0.1) is 0 Å². The van der Waals surface area contributed by atoms with E-state index in [0.29, 0.717) is 11.6 Å². The Hall–Kier alpha value is -1.52. The van der Waals surface area contributed by atoms with Crippen LogP contribution >= 0.6 is 11.6 Å². The molecule has 0 aromatic heterocycles. The molecule has 2 aromatic rings. The van der Waals surface area contributed by atoms with E-state index < -0.39 is 11.7 Å². The Balaban J connectivity index is 1.97. The molecule has 1 atom stereocenters. The van der Waals surface area contributed by atoms with E-state index in [9.17, 15) is 13.2 Å². The summed E-state index contributed by atoms with van der Waals surface area (Å²) < 4.78 is 37.4. The number of alkyl halides is 3. The Bertz CT molecular complexity index is 593. The summed E-state index contributed by atoms with van der Waals surface area (Å²) in [6.45, 7) is 2.47. The number of halogens is 4. The highest BCUT2D eigenvalue weighted by molar-refractivity contribution is 6.30. The quantitative estimate of drug-likeness (QED) is 0.817. The average Bonchev–Trinajstić information content (AvgIpc) is 2.44. The lowest BCUT2D eigenvalue weighted by atomic mass is 10.1. The van der Waals surface area contributed by atoms with Gasteiger partial charge in [0.2, 0.25) is 0 Å². The summed E-state index contributed by atoms with van der Waals surface area (Å²) in [4.78, 5) is 0. The van der Waals surface area contributed by atoms with E-state index in [1.165, 1.54) is 12.1 Å². The summed E-state index contributed by atoms with van der Waals surface area (Å²) >= 11 is 5.93. The number of hydrogen-bond acceptors (Lipinski definition) is 1. The average molecular weight is 314 g/mol. The Morgan fingerprint density at radius 3 is 2.33 bits per heavy atom. The van der Waals surface area contributed by atoms with Crippen molar-refractivity contribution in [3.8, 4) is 0 Å². The van der Waals surface area contributed by atoms with E-state index in [4.69, 9.17) is 11.6 Å². The van der Waals surface area contributed by atoms with E-state index in [0.717, 1.165) is 23.3 Å². The van der Waals surface area contributed by atoms with Crippen molar-refractivity contribution in [2.45, 2.75) is 25.7 Å². The van der Waals surface area contributed by atoms with E-state index in [1.807, 2.05) is 25.1 Å². The van der Waals surface area contributed by atoms with Gasteiger partial charge in [-0.1, -0.05) is 35.9 Å². The molecule has 0 saturated heterocycles. The van der Waals surface area contributed by atoms with Crippen molar-refractivity contribution in [3.05, 3.63) is 70.2 Å². The Morgan fingerprint density at radius 2 is 1.76 bits per heavy atom. The first kappa shape index (κ1) is 15.9. The lowest BCUT2D eigenvalue weighted by Crippen LogP contribution is -2.18. The van der Waals surface area contributed by atoms with Crippen LogP contribution in [0.1, 0.15) is 29.7 Å². The van der Waals surface area contributed by atoms with Crippen molar-refractivity contribution in [1.29, 1.82) is 0 Å². The third kappa shape index (κ3) is 4.48. The van der Waals surface area contributed by atoms with Gasteiger partial charge in [0.25, 0.3) is 0 Å². The normalized spacial score (nSPS) is 13.2. The fourth-order valence-electron chi connectivity index (χ4n) is 1.98. The van der Waals surface area contributed by atoms with Crippen LogP contribution in [0.2, 0.25) is 5.02 Å². The molecule has 5 heteroatoms. The summed E-state index contributed by atoms with van der Waals surface area (Å²) in [5.41, 5.74) is 1.21. The molecule has 0 spiro atoms. The predicted octanol–water partition coefficient (Wildman–Crippen LogP) is 5.21. The second-order valence-corrected chi connectivity index (χ2v) is 5.29. The van der Waals surface area contributed by atoms with Crippen LogP contribution in [-0.4, -0.2) is 0 Å². The zero-order chi connectivity index (χ0) is 15.5. The smallest absolute Gasteiger partial charge is 0.306 e. The Labute approximate surface area is 126 Å². The third-order valence-electron chi connectivity index (χ3n) is 3.24. The van der Waals surface area contributed by atoms with Crippen molar-refractivity contribution in [3.63, 3.8) is 0 Å². The summed E-state index contributed by atoms with van der Waals surface area (Å²) in [5, 5.41) is 3.92. The molecular formula is C16H15ClF3N. The maximum absolute atomic E-state index is 12.5. The van der Waals surface area contributed by atoms with E-state index in [-0.39, 0.29) is 6.04 Å². The lowest BCUT2D eigenvalue weighted by Gasteiger charge is -2.15. The Morgan fingerprint density at radius 1 is 1.10 bits per heavy atom. The molecule has 2 aromatic carbocycles. The van der Waals surface area contributed by atoms with Crippen molar-refractivity contribution >= 4 is 11.6 Å². The van der Waals surface area contributed by atoms with Gasteiger partial charge in [-0.25, -0.2) is 0 Å². The summed E-state index contributed by atoms with van der Waals surface area (Å²) in [6, 6.07) is 12.7. The molecule has 1 N–H and O–H groups in total. The van der Waals surface area contributed by atoms with Gasteiger partial charge in [-0.2, -0.15) is 13.2 Å². The zero-order valence-corrected chi connectivity index (χ0v) is 12.2. The van der Waals surface area contributed by atoms with Gasteiger partial charge >= 0.3 is 6.18 Å². The van der Waals surface area contributed by atoms with Crippen LogP contribution in [0.5, 0.6) is 0 Å². The summed E-state index contributed by atoms with van der Waals surface area (Å²) in [5.74, 6) is 0. The molecule has 0 aliphatic heterocycles. The predicted molar refractivity (Wildman–Crippen MR) is 78.2 cm³/mol. The van der Waals surface area contributed by atoms with Gasteiger partial charge in [-0.3, -0.25) is 0 Å². The molecule has 0 heterocycles. The molecule has 2 rings (SSSR count). The number of hydrogen-bond donors (Lipinski definition) is 1. The van der Waals surface area contributed by atoms with Crippen molar-refractivity contribution in [2.75, 3.05) is 0 Å². The van der Waals surface area contributed by atoms with Gasteiger partial charge in [-0.05, 0) is 42.3 Å². The zero-order valence-electron chi connectivity index (χ0n) is 11.4. The van der Waals surface area contributed by atoms with Crippen LogP contribution < -0.4 is 5.32 Å². The van der Waals surface area contributed by atoms with Gasteiger partial charge in [0.15, 0.2) is 0 Å². The number of nitrogens with one attached hydrogen (secondary N) is 1. The first-order chi connectivity index (χ1) is 9.86. The second kappa shape index (κ2) is 6.50. The van der Waals surface area contributed by atoms with E-state index >= 15 is 0 Å². The van der Waals surface area contributed by atoms with Crippen LogP contribution in [0, 0.1) is 0 Å². The fourth-order valence-corrected chi connectivity index (χ4v) is 2.18. The molecule has 21 heavy (non-hydrogen) atoms. The molecule has 0 aliphatic carbocycles. The summed E-state index contributed by atoms with van der Waals surface area (Å²) in [6.07, 6.45) is -4.29. The molecule has 0 unspecified atom stereocenters. The van der Waals surface area contributed by atoms with Crippen LogP contribution in [-0.2, 0) is 12.7 Å². The first-order valence-corrected chi connectivity index (χ1v) is 6.89. The fraction of sp³-hybridized carbons (Fsp3) is 0.250. The van der Waals surface area contributed by atoms with E-state index in [1.54, 1.807) is 6.07 Å². The minimum atomic E-state index is -4.29. The van der Waals surface area contributed by atoms with Crippen LogP contribution in [0.4, 0.5) is 13.2 Å². The standard InChI is InChI=1S/C16H15ClF3N/c1-11(13-3-2-4-15(17)9-13)21-10-12-5-7-14(8-6-12)16(18,19)20/h2-9,11,21H,10H2,1H3/t11-/m0/s1. The molecule has 112 valence electrons. The molecule has 0 amide bonds. The van der Waals surface area contributed by atoms with Crippen LogP contribution in [0.15, 0.2) is 48.5 Å². The largest absolute Gasteiger partial charge is 0.416 e. The van der Waals surface area contributed by atoms with Crippen LogP contribution in [0.3, 0.4) is 0 Å². The first-order valence-electron chi connectivity index (χ1n) is 6.51. The minimum absolute atomic E-state index is 0.0611. The minimum Gasteiger partial charge on any atom is -0.306 e. The highest BCUT2D eigenvalue weighted by Gasteiger charge is 2.29. The van der Waals surface area contributed by atoms with Gasteiger partial charge in [0.05, 0.1) is 5.56 Å². The second-order valence-electron chi connectivity index (χ2n) is 4.85. The van der Waals surface area contributed by atoms with E-state index in [2.05, 4.69) is 5.32 Å². The maximum Gasteiger partial charge on any atom is 0.416 e. The number of benzene rings is 2. The summed E-state index contributed by atoms with van der Waals surface area (Å²) in [7, 11) is 0. The van der Waals surface area contributed by atoms with Crippen molar-refractivity contribution in [1.82, 2.24) is 5.32 Å². The van der Waals surface area contributed by atoms with Gasteiger partial charge < -0.3 is 5.32 Å². The molecule has 1 nitrogen and oxygen atoms in total. The maximum atomic E-state index is 12.5. The molecule has 0 aliphatic rings. The van der Waals surface area contributed by atoms with Gasteiger partial charge in [0.1, 0.15) is 0 Å². The topological polar surface area (TPSA) is 12.0 Å². The molecule has 0 bridgehead atoms. The van der Waals surface area contributed by atoms with Gasteiger partial charge in [0, 0.05) is 17.6 Å². The lowest BCUT2D eigenvalue weighted by molar-refractivity contribution is -0.137. The molecule has 0 fully saturated rings. The van der Waals surface area contributed by atoms with Crippen molar-refractivity contribution in [2.24, 2.45) is 0 Å². The molecular weight excluding hydrogens is 299 g/mol. The molecule has 0 saturated carbocycles. The SMILES string of the molecule is C[C@H](NCc1ccc(C(F)(F)F)cc1)c1cccc(Cl)c1. The monoisotopic (exact) mass is 313 g/mol. The third-order valence-corrected chi connectivity index (χ3v) is 3.48. The highest BCUT2D eigenvalue weighted by atomic mass is 35.5. The van der Waals surface area contributed by atoms with Crippen LogP contribution in [0.25, 0.3) is 0 Å². The van der Waals surface area contributed by atoms with Crippen molar-refractivity contribution < 1.29 is 13.2 Å². The highest BCUT2D eigenvalue weighted by Crippen LogP contribution is 2.29.